The average molecular weight is 327 g/mol. The molecule has 2 aliphatic rings. The van der Waals surface area contributed by atoms with Crippen LogP contribution in [0, 0.1) is 0 Å². The van der Waals surface area contributed by atoms with Crippen molar-refractivity contribution in [1.29, 1.82) is 0 Å². The number of benzene rings is 1. The van der Waals surface area contributed by atoms with Crippen LogP contribution in [0.5, 0.6) is 5.75 Å². The Morgan fingerprint density at radius 2 is 2.11 bits per heavy atom. The summed E-state index contributed by atoms with van der Waals surface area (Å²) >= 11 is 3.46. The molecule has 1 aliphatic heterocycles. The molecule has 1 aromatic rings. The average Bonchev–Trinajstić information content (AvgIpc) is 2.39. The van der Waals surface area contributed by atoms with Crippen LogP contribution in [-0.4, -0.2) is 23.9 Å². The molecule has 1 fully saturated rings. The van der Waals surface area contributed by atoms with Crippen LogP contribution in [0.4, 0.5) is 0 Å². The number of rotatable bonds is 1. The maximum Gasteiger partial charge on any atom is 0.127 e. The maximum atomic E-state index is 10.4. The van der Waals surface area contributed by atoms with Gasteiger partial charge in [-0.2, -0.15) is 0 Å². The minimum absolute atomic E-state index is 0.206. The minimum atomic E-state index is -0.420. The van der Waals surface area contributed by atoms with Crippen molar-refractivity contribution < 1.29 is 14.6 Å². The summed E-state index contributed by atoms with van der Waals surface area (Å²) in [6, 6.07) is 5.85. The van der Waals surface area contributed by atoms with E-state index >= 15 is 0 Å². The first-order valence-electron chi connectivity index (χ1n) is 6.81. The number of fused-ring (bicyclic) bond motifs is 1. The van der Waals surface area contributed by atoms with Gasteiger partial charge in [0, 0.05) is 23.6 Å². The van der Waals surface area contributed by atoms with E-state index in [1.165, 1.54) is 0 Å². The molecule has 104 valence electrons. The first-order chi connectivity index (χ1) is 9.12. The number of methoxy groups -OCH3 is 1. The van der Waals surface area contributed by atoms with Crippen LogP contribution in [0.3, 0.4) is 0 Å². The van der Waals surface area contributed by atoms with E-state index in [2.05, 4.69) is 15.9 Å². The largest absolute Gasteiger partial charge is 0.487 e. The number of hydrogen-bond donors (Lipinski definition) is 1. The van der Waals surface area contributed by atoms with Crippen LogP contribution >= 0.6 is 15.9 Å². The second kappa shape index (κ2) is 5.08. The summed E-state index contributed by atoms with van der Waals surface area (Å²) < 4.78 is 12.7. The zero-order valence-corrected chi connectivity index (χ0v) is 12.6. The van der Waals surface area contributed by atoms with Crippen molar-refractivity contribution in [1.82, 2.24) is 0 Å². The van der Waals surface area contributed by atoms with E-state index in [0.29, 0.717) is 12.5 Å². The molecule has 1 aliphatic carbocycles. The highest BCUT2D eigenvalue weighted by atomic mass is 79.9. The third-order valence-electron chi connectivity index (χ3n) is 4.40. The van der Waals surface area contributed by atoms with Gasteiger partial charge < -0.3 is 14.6 Å². The summed E-state index contributed by atoms with van der Waals surface area (Å²) in [5.41, 5.74) is 0.699. The molecule has 1 N–H and O–H groups in total. The SMILES string of the molecule is COC1CCC2(CC1)CC(O)c1ccc(Br)cc1O2. The van der Waals surface area contributed by atoms with Crippen molar-refractivity contribution >= 4 is 15.9 Å². The molecule has 1 aromatic carbocycles. The number of ether oxygens (including phenoxy) is 2. The third kappa shape index (κ3) is 2.54. The zero-order chi connectivity index (χ0) is 13.5. The van der Waals surface area contributed by atoms with Crippen molar-refractivity contribution in [3.05, 3.63) is 28.2 Å². The van der Waals surface area contributed by atoms with Gasteiger partial charge in [-0.25, -0.2) is 0 Å². The predicted octanol–water partition coefficient (Wildman–Crippen LogP) is 3.59. The van der Waals surface area contributed by atoms with Gasteiger partial charge in [-0.1, -0.05) is 22.0 Å². The Kier molecular flexibility index (Phi) is 3.58. The van der Waals surface area contributed by atoms with E-state index in [-0.39, 0.29) is 5.60 Å². The summed E-state index contributed by atoms with van der Waals surface area (Å²) in [4.78, 5) is 0. The normalized spacial score (nSPS) is 33.8. The van der Waals surface area contributed by atoms with Crippen LogP contribution in [0.2, 0.25) is 0 Å². The van der Waals surface area contributed by atoms with Crippen LogP contribution in [0.1, 0.15) is 43.8 Å². The summed E-state index contributed by atoms with van der Waals surface area (Å²) in [7, 11) is 1.77. The molecule has 4 heteroatoms. The van der Waals surface area contributed by atoms with E-state index in [4.69, 9.17) is 9.47 Å². The van der Waals surface area contributed by atoms with Crippen LogP contribution in [0.15, 0.2) is 22.7 Å². The van der Waals surface area contributed by atoms with Crippen LogP contribution in [-0.2, 0) is 4.74 Å². The Hall–Kier alpha value is -0.580. The van der Waals surface area contributed by atoms with Gasteiger partial charge in [0.25, 0.3) is 0 Å². The maximum absolute atomic E-state index is 10.4. The molecule has 0 aromatic heterocycles. The number of halogens is 1. The van der Waals surface area contributed by atoms with Gasteiger partial charge in [0.15, 0.2) is 0 Å². The van der Waals surface area contributed by atoms with Gasteiger partial charge in [0.1, 0.15) is 11.4 Å². The van der Waals surface area contributed by atoms with E-state index in [1.807, 2.05) is 18.2 Å². The van der Waals surface area contributed by atoms with Gasteiger partial charge in [-0.3, -0.25) is 0 Å². The number of aliphatic hydroxyl groups is 1. The molecule has 0 saturated heterocycles. The molecular formula is C15H19BrO3. The van der Waals surface area contributed by atoms with Gasteiger partial charge in [-0.15, -0.1) is 0 Å². The Morgan fingerprint density at radius 1 is 1.37 bits per heavy atom. The van der Waals surface area contributed by atoms with Crippen molar-refractivity contribution in [2.24, 2.45) is 0 Å². The minimum Gasteiger partial charge on any atom is -0.487 e. The molecule has 19 heavy (non-hydrogen) atoms. The Bertz CT molecular complexity index is 466. The molecule has 0 amide bonds. The van der Waals surface area contributed by atoms with Crippen LogP contribution < -0.4 is 4.74 Å². The molecule has 0 bridgehead atoms. The quantitative estimate of drug-likeness (QED) is 0.857. The molecule has 1 atom stereocenters. The van der Waals surface area contributed by atoms with Crippen molar-refractivity contribution in [2.45, 2.75) is 49.9 Å². The predicted molar refractivity (Wildman–Crippen MR) is 76.3 cm³/mol. The summed E-state index contributed by atoms with van der Waals surface area (Å²) in [6.07, 6.45) is 4.53. The highest BCUT2D eigenvalue weighted by Gasteiger charge is 2.43. The second-order valence-electron chi connectivity index (χ2n) is 5.62. The highest BCUT2D eigenvalue weighted by molar-refractivity contribution is 9.10. The summed E-state index contributed by atoms with van der Waals surface area (Å²) in [5, 5.41) is 10.4. The Labute approximate surface area is 122 Å². The lowest BCUT2D eigenvalue weighted by Gasteiger charge is -2.44. The lowest BCUT2D eigenvalue weighted by molar-refractivity contribution is -0.0672. The van der Waals surface area contributed by atoms with Crippen molar-refractivity contribution in [3.63, 3.8) is 0 Å². The smallest absolute Gasteiger partial charge is 0.127 e. The fourth-order valence-corrected chi connectivity index (χ4v) is 3.61. The van der Waals surface area contributed by atoms with Gasteiger partial charge >= 0.3 is 0 Å². The molecule has 1 spiro atoms. The first-order valence-corrected chi connectivity index (χ1v) is 7.60. The molecule has 1 unspecified atom stereocenters. The molecule has 1 saturated carbocycles. The first kappa shape index (κ1) is 13.4. The standard InChI is InChI=1S/C15H19BrO3/c1-18-11-4-6-15(7-5-11)9-13(17)12-3-2-10(16)8-14(12)19-15/h2-3,8,11,13,17H,4-7,9H2,1H3. The zero-order valence-electron chi connectivity index (χ0n) is 11.1. The third-order valence-corrected chi connectivity index (χ3v) is 4.90. The van der Waals surface area contributed by atoms with Crippen LogP contribution in [0.25, 0.3) is 0 Å². The fraction of sp³-hybridized carbons (Fsp3) is 0.600. The Balaban J connectivity index is 1.84. The Morgan fingerprint density at radius 3 is 2.79 bits per heavy atom. The molecule has 3 nitrogen and oxygen atoms in total. The molecule has 1 heterocycles. The number of hydrogen-bond acceptors (Lipinski definition) is 3. The van der Waals surface area contributed by atoms with E-state index in [0.717, 1.165) is 41.5 Å². The van der Waals surface area contributed by atoms with Gasteiger partial charge in [0.2, 0.25) is 0 Å². The van der Waals surface area contributed by atoms with E-state index < -0.39 is 6.10 Å². The molecule has 3 rings (SSSR count). The lowest BCUT2D eigenvalue weighted by Crippen LogP contribution is -2.45. The highest BCUT2D eigenvalue weighted by Crippen LogP contribution is 2.46. The van der Waals surface area contributed by atoms with Crippen molar-refractivity contribution in [2.75, 3.05) is 7.11 Å². The van der Waals surface area contributed by atoms with Crippen molar-refractivity contribution in [3.8, 4) is 5.75 Å². The van der Waals surface area contributed by atoms with E-state index in [1.54, 1.807) is 7.11 Å². The van der Waals surface area contributed by atoms with Gasteiger partial charge in [-0.05, 0) is 37.8 Å². The molecule has 0 radical (unpaired) electrons. The topological polar surface area (TPSA) is 38.7 Å². The monoisotopic (exact) mass is 326 g/mol. The summed E-state index contributed by atoms with van der Waals surface area (Å²) in [5.74, 6) is 0.823. The fourth-order valence-electron chi connectivity index (χ4n) is 3.27. The van der Waals surface area contributed by atoms with Gasteiger partial charge in [0.05, 0.1) is 12.2 Å². The second-order valence-corrected chi connectivity index (χ2v) is 6.54. The molecular weight excluding hydrogens is 308 g/mol. The summed E-state index contributed by atoms with van der Waals surface area (Å²) in [6.45, 7) is 0. The lowest BCUT2D eigenvalue weighted by atomic mass is 9.77. The van der Waals surface area contributed by atoms with E-state index in [9.17, 15) is 5.11 Å². The number of aliphatic hydroxyl groups excluding tert-OH is 1.